The third kappa shape index (κ3) is 3.03. The first-order valence-electron chi connectivity index (χ1n) is 6.70. The van der Waals surface area contributed by atoms with Crippen molar-refractivity contribution in [1.82, 2.24) is 4.90 Å². The van der Waals surface area contributed by atoms with E-state index in [4.69, 9.17) is 4.74 Å². The van der Waals surface area contributed by atoms with Crippen LogP contribution < -0.4 is 0 Å². The zero-order chi connectivity index (χ0) is 13.1. The Balaban J connectivity index is 2.11. The third-order valence-electron chi connectivity index (χ3n) is 3.65. The van der Waals surface area contributed by atoms with E-state index in [1.165, 1.54) is 0 Å². The zero-order valence-electron chi connectivity index (χ0n) is 11.5. The van der Waals surface area contributed by atoms with Crippen LogP contribution in [-0.2, 0) is 11.3 Å². The molecule has 0 amide bonds. The molecule has 1 heterocycles. The lowest BCUT2D eigenvalue weighted by Crippen LogP contribution is -2.50. The maximum absolute atomic E-state index is 9.87. The molecule has 0 saturated carbocycles. The van der Waals surface area contributed by atoms with Gasteiger partial charge in [-0.25, -0.2) is 0 Å². The van der Waals surface area contributed by atoms with E-state index >= 15 is 0 Å². The monoisotopic (exact) mass is 249 g/mol. The van der Waals surface area contributed by atoms with Crippen LogP contribution in [-0.4, -0.2) is 35.3 Å². The van der Waals surface area contributed by atoms with E-state index in [0.29, 0.717) is 17.7 Å². The van der Waals surface area contributed by atoms with Crippen molar-refractivity contribution in [2.45, 2.75) is 39.5 Å². The summed E-state index contributed by atoms with van der Waals surface area (Å²) in [4.78, 5) is 2.42. The Hall–Kier alpha value is -1.06. The zero-order valence-corrected chi connectivity index (χ0v) is 11.5. The topological polar surface area (TPSA) is 32.7 Å². The first-order chi connectivity index (χ1) is 8.58. The van der Waals surface area contributed by atoms with Gasteiger partial charge in [-0.15, -0.1) is 0 Å². The molecular weight excluding hydrogens is 226 g/mol. The first-order valence-corrected chi connectivity index (χ1v) is 6.70. The second-order valence-electron chi connectivity index (χ2n) is 5.51. The summed E-state index contributed by atoms with van der Waals surface area (Å²) in [7, 11) is 0. The van der Waals surface area contributed by atoms with Crippen molar-refractivity contribution in [1.29, 1.82) is 0 Å². The van der Waals surface area contributed by atoms with E-state index < -0.39 is 0 Å². The summed E-state index contributed by atoms with van der Waals surface area (Å²) in [6.45, 7) is 9.06. The molecule has 1 aromatic rings. The van der Waals surface area contributed by atoms with Gasteiger partial charge in [0.1, 0.15) is 5.75 Å². The molecule has 2 atom stereocenters. The van der Waals surface area contributed by atoms with Crippen molar-refractivity contribution in [2.75, 3.05) is 13.2 Å². The average molecular weight is 249 g/mol. The number of phenolic OH excluding ortho intramolecular Hbond substituents is 1. The molecule has 1 N–H and O–H groups in total. The van der Waals surface area contributed by atoms with E-state index in [1.54, 1.807) is 6.07 Å². The van der Waals surface area contributed by atoms with E-state index in [-0.39, 0.29) is 6.10 Å². The number of hydrogen-bond acceptors (Lipinski definition) is 3. The van der Waals surface area contributed by atoms with Gasteiger partial charge in [0.25, 0.3) is 0 Å². The Bertz CT molecular complexity index is 392. The summed E-state index contributed by atoms with van der Waals surface area (Å²) in [5, 5.41) is 9.87. The summed E-state index contributed by atoms with van der Waals surface area (Å²) in [6, 6.07) is 8.02. The summed E-state index contributed by atoms with van der Waals surface area (Å²) in [5.41, 5.74) is 0.997. The molecule has 2 unspecified atom stereocenters. The molecule has 100 valence electrons. The van der Waals surface area contributed by atoms with Crippen molar-refractivity contribution in [2.24, 2.45) is 5.92 Å². The molecule has 3 heteroatoms. The van der Waals surface area contributed by atoms with Gasteiger partial charge in [-0.3, -0.25) is 4.90 Å². The normalized spacial score (nSPS) is 25.6. The van der Waals surface area contributed by atoms with Gasteiger partial charge in [0.15, 0.2) is 0 Å². The van der Waals surface area contributed by atoms with E-state index in [2.05, 4.69) is 25.7 Å². The highest BCUT2D eigenvalue weighted by molar-refractivity contribution is 5.31. The Kier molecular flexibility index (Phi) is 4.25. The fourth-order valence-corrected chi connectivity index (χ4v) is 2.55. The number of phenols is 1. The van der Waals surface area contributed by atoms with Crippen LogP contribution in [0.3, 0.4) is 0 Å². The predicted octanol–water partition coefficient (Wildman–Crippen LogP) is 2.64. The number of nitrogens with zero attached hydrogens (tertiary/aromatic N) is 1. The standard InChI is InChI=1S/C15H23NO2/c1-11(2)14-10-18-12(3)8-16(14)9-13-6-4-5-7-15(13)17/h4-7,11-12,14,17H,8-10H2,1-3H3. The maximum atomic E-state index is 9.87. The predicted molar refractivity (Wildman–Crippen MR) is 72.6 cm³/mol. The van der Waals surface area contributed by atoms with Crippen molar-refractivity contribution in [3.8, 4) is 5.75 Å². The third-order valence-corrected chi connectivity index (χ3v) is 3.65. The van der Waals surface area contributed by atoms with Crippen molar-refractivity contribution >= 4 is 0 Å². The Morgan fingerprint density at radius 1 is 1.39 bits per heavy atom. The second-order valence-corrected chi connectivity index (χ2v) is 5.51. The SMILES string of the molecule is CC1CN(Cc2ccccc2O)C(C(C)C)CO1. The summed E-state index contributed by atoms with van der Waals surface area (Å²) < 4.78 is 5.75. The van der Waals surface area contributed by atoms with E-state index in [9.17, 15) is 5.11 Å². The van der Waals surface area contributed by atoms with Gasteiger partial charge in [-0.1, -0.05) is 32.0 Å². The molecule has 1 aliphatic rings. The molecule has 1 saturated heterocycles. The minimum Gasteiger partial charge on any atom is -0.508 e. The first kappa shape index (κ1) is 13.4. The lowest BCUT2D eigenvalue weighted by Gasteiger charge is -2.40. The summed E-state index contributed by atoms with van der Waals surface area (Å²) in [5.74, 6) is 0.947. The maximum Gasteiger partial charge on any atom is 0.120 e. The van der Waals surface area contributed by atoms with Gasteiger partial charge < -0.3 is 9.84 Å². The van der Waals surface area contributed by atoms with Gasteiger partial charge >= 0.3 is 0 Å². The van der Waals surface area contributed by atoms with E-state index in [1.807, 2.05) is 18.2 Å². The molecule has 0 aromatic heterocycles. The molecule has 2 rings (SSSR count). The highest BCUT2D eigenvalue weighted by atomic mass is 16.5. The summed E-state index contributed by atoms with van der Waals surface area (Å²) in [6.07, 6.45) is 0.269. The number of aromatic hydroxyl groups is 1. The highest BCUT2D eigenvalue weighted by Crippen LogP contribution is 2.24. The van der Waals surface area contributed by atoms with Crippen LogP contribution in [0.4, 0.5) is 0 Å². The fourth-order valence-electron chi connectivity index (χ4n) is 2.55. The minimum atomic E-state index is 0.269. The van der Waals surface area contributed by atoms with Gasteiger partial charge in [0.2, 0.25) is 0 Å². The van der Waals surface area contributed by atoms with Crippen LogP contribution in [0.25, 0.3) is 0 Å². The van der Waals surface area contributed by atoms with Crippen LogP contribution in [0.15, 0.2) is 24.3 Å². The second kappa shape index (κ2) is 5.72. The summed E-state index contributed by atoms with van der Waals surface area (Å²) >= 11 is 0. The molecule has 1 fully saturated rings. The van der Waals surface area contributed by atoms with Crippen molar-refractivity contribution in [3.63, 3.8) is 0 Å². The Labute approximate surface area is 109 Å². The molecule has 0 bridgehead atoms. The molecule has 1 aliphatic heterocycles. The van der Waals surface area contributed by atoms with Crippen LogP contribution >= 0.6 is 0 Å². The quantitative estimate of drug-likeness (QED) is 0.894. The van der Waals surface area contributed by atoms with Gasteiger partial charge in [-0.05, 0) is 18.9 Å². The number of rotatable bonds is 3. The average Bonchev–Trinajstić information content (AvgIpc) is 2.32. The Morgan fingerprint density at radius 3 is 2.78 bits per heavy atom. The van der Waals surface area contributed by atoms with E-state index in [0.717, 1.165) is 25.3 Å². The van der Waals surface area contributed by atoms with Crippen molar-refractivity contribution < 1.29 is 9.84 Å². The molecule has 0 aliphatic carbocycles. The number of morpholine rings is 1. The largest absolute Gasteiger partial charge is 0.508 e. The number of para-hydroxylation sites is 1. The Morgan fingerprint density at radius 2 is 2.11 bits per heavy atom. The van der Waals surface area contributed by atoms with Gasteiger partial charge in [0.05, 0.1) is 12.7 Å². The van der Waals surface area contributed by atoms with Crippen LogP contribution in [0, 0.1) is 5.92 Å². The molecule has 0 spiro atoms. The number of benzene rings is 1. The van der Waals surface area contributed by atoms with Gasteiger partial charge in [-0.2, -0.15) is 0 Å². The van der Waals surface area contributed by atoms with Crippen molar-refractivity contribution in [3.05, 3.63) is 29.8 Å². The van der Waals surface area contributed by atoms with Crippen LogP contribution in [0.1, 0.15) is 26.3 Å². The molecular formula is C15H23NO2. The lowest BCUT2D eigenvalue weighted by atomic mass is 10.00. The number of ether oxygens (including phenoxy) is 1. The fraction of sp³-hybridized carbons (Fsp3) is 0.600. The molecule has 18 heavy (non-hydrogen) atoms. The minimum absolute atomic E-state index is 0.269. The van der Waals surface area contributed by atoms with Gasteiger partial charge in [0, 0.05) is 24.7 Å². The number of hydrogen-bond donors (Lipinski definition) is 1. The smallest absolute Gasteiger partial charge is 0.120 e. The molecule has 1 aromatic carbocycles. The lowest BCUT2D eigenvalue weighted by molar-refractivity contribution is -0.0716. The molecule has 3 nitrogen and oxygen atoms in total. The van der Waals surface area contributed by atoms with Crippen LogP contribution in [0.5, 0.6) is 5.75 Å². The highest BCUT2D eigenvalue weighted by Gasteiger charge is 2.29. The molecule has 0 radical (unpaired) electrons. The van der Waals surface area contributed by atoms with Crippen LogP contribution in [0.2, 0.25) is 0 Å².